The average molecular weight is 326 g/mol. The first-order valence-corrected chi connectivity index (χ1v) is 8.61. The minimum Gasteiger partial charge on any atom is -0.508 e. The Morgan fingerprint density at radius 3 is 2.24 bits per heavy atom. The molecule has 2 rings (SSSR count). The zero-order valence-corrected chi connectivity index (χ0v) is 12.6. The van der Waals surface area contributed by atoms with Gasteiger partial charge in [-0.1, -0.05) is 12.1 Å². The fourth-order valence-electron chi connectivity index (χ4n) is 1.73. The van der Waals surface area contributed by atoms with Gasteiger partial charge in [0.2, 0.25) is 0 Å². The zero-order chi connectivity index (χ0) is 15.5. The molecule has 0 aliphatic rings. The molecule has 0 amide bonds. The maximum absolute atomic E-state index is 10.8. The highest BCUT2D eigenvalue weighted by atomic mass is 32.2. The number of rotatable bonds is 5. The summed E-state index contributed by atoms with van der Waals surface area (Å²) in [6.45, 7) is 0. The van der Waals surface area contributed by atoms with Crippen molar-refractivity contribution < 1.29 is 23.2 Å². The minimum atomic E-state index is -4.16. The summed E-state index contributed by atoms with van der Waals surface area (Å²) in [6, 6.07) is 11.4. The molecule has 0 aromatic heterocycles. The molecule has 0 fully saturated rings. The second kappa shape index (κ2) is 6.38. The summed E-state index contributed by atoms with van der Waals surface area (Å²) in [5.74, 6) is 0.0253. The zero-order valence-electron chi connectivity index (χ0n) is 10.9. The third kappa shape index (κ3) is 4.96. The first-order valence-electron chi connectivity index (χ1n) is 6.01. The van der Waals surface area contributed by atoms with Crippen LogP contribution in [0.25, 0.3) is 0 Å². The molecule has 0 heterocycles. The molecule has 5 nitrogen and oxygen atoms in total. The lowest BCUT2D eigenvalue weighted by atomic mass is 10.1. The molecule has 0 radical (unpaired) electrons. The lowest BCUT2D eigenvalue weighted by molar-refractivity contribution is 0.461. The van der Waals surface area contributed by atoms with Crippen LogP contribution in [0, 0.1) is 0 Å². The molecule has 0 spiro atoms. The van der Waals surface area contributed by atoms with Gasteiger partial charge in [-0.25, -0.2) is 0 Å². The van der Waals surface area contributed by atoms with Crippen molar-refractivity contribution >= 4 is 21.9 Å². The Kier molecular flexibility index (Phi) is 4.76. The Hall–Kier alpha value is -1.70. The smallest absolute Gasteiger partial charge is 0.269 e. The average Bonchev–Trinajstić information content (AvgIpc) is 2.40. The predicted octanol–water partition coefficient (Wildman–Crippen LogP) is 2.78. The summed E-state index contributed by atoms with van der Waals surface area (Å²) in [5, 5.41) is 19.0. The molecule has 0 unspecified atom stereocenters. The van der Waals surface area contributed by atoms with Gasteiger partial charge in [-0.3, -0.25) is 4.55 Å². The maximum Gasteiger partial charge on any atom is 0.269 e. The molecule has 21 heavy (non-hydrogen) atoms. The standard InChI is InChI=1S/C14H14O5S2/c15-12-3-5-13(6-4-12)20-8-10-1-2-11(14(16)7-10)9-21(17,18)19/h1-7,15-16H,8-9H2,(H,17,18,19). The summed E-state index contributed by atoms with van der Waals surface area (Å²) in [7, 11) is -4.16. The third-order valence-corrected chi connectivity index (χ3v) is 4.49. The van der Waals surface area contributed by atoms with Gasteiger partial charge >= 0.3 is 0 Å². The molecule has 0 saturated carbocycles. The molecule has 0 aliphatic carbocycles. The first kappa shape index (κ1) is 15.7. The van der Waals surface area contributed by atoms with Gasteiger partial charge in [-0.15, -0.1) is 11.8 Å². The van der Waals surface area contributed by atoms with Crippen LogP contribution >= 0.6 is 11.8 Å². The Morgan fingerprint density at radius 1 is 1.00 bits per heavy atom. The molecule has 0 aliphatic heterocycles. The van der Waals surface area contributed by atoms with Crippen LogP contribution in [-0.2, 0) is 21.6 Å². The van der Waals surface area contributed by atoms with E-state index in [4.69, 9.17) is 4.55 Å². The molecule has 112 valence electrons. The van der Waals surface area contributed by atoms with Crippen molar-refractivity contribution in [3.8, 4) is 11.5 Å². The van der Waals surface area contributed by atoms with Gasteiger partial charge in [-0.05, 0) is 35.9 Å². The summed E-state index contributed by atoms with van der Waals surface area (Å²) in [4.78, 5) is 0.967. The number of hydrogen-bond acceptors (Lipinski definition) is 5. The second-order valence-corrected chi connectivity index (χ2v) is 6.97. The largest absolute Gasteiger partial charge is 0.508 e. The van der Waals surface area contributed by atoms with Crippen LogP contribution in [0.15, 0.2) is 47.4 Å². The van der Waals surface area contributed by atoms with E-state index >= 15 is 0 Å². The fourth-order valence-corrected chi connectivity index (χ4v) is 3.21. The topological polar surface area (TPSA) is 94.8 Å². The highest BCUT2D eigenvalue weighted by Crippen LogP contribution is 2.27. The van der Waals surface area contributed by atoms with Crippen LogP contribution in [0.3, 0.4) is 0 Å². The van der Waals surface area contributed by atoms with Gasteiger partial charge in [-0.2, -0.15) is 8.42 Å². The van der Waals surface area contributed by atoms with Crippen LogP contribution in [0.1, 0.15) is 11.1 Å². The van der Waals surface area contributed by atoms with Crippen molar-refractivity contribution in [1.82, 2.24) is 0 Å². The monoisotopic (exact) mass is 326 g/mol. The normalized spacial score (nSPS) is 11.5. The first-order chi connectivity index (χ1) is 9.83. The summed E-state index contributed by atoms with van der Waals surface area (Å²) in [6.07, 6.45) is 0. The van der Waals surface area contributed by atoms with E-state index in [1.165, 1.54) is 23.9 Å². The summed E-state index contributed by atoms with van der Waals surface area (Å²) >= 11 is 1.52. The number of hydrogen-bond donors (Lipinski definition) is 3. The van der Waals surface area contributed by atoms with Crippen LogP contribution in [0.4, 0.5) is 0 Å². The van der Waals surface area contributed by atoms with Crippen LogP contribution in [0.5, 0.6) is 11.5 Å². The van der Waals surface area contributed by atoms with E-state index < -0.39 is 15.9 Å². The lowest BCUT2D eigenvalue weighted by Crippen LogP contribution is -2.02. The number of phenolic OH excluding ortho intramolecular Hbond substituents is 2. The van der Waals surface area contributed by atoms with Gasteiger partial charge in [0.25, 0.3) is 10.1 Å². The quantitative estimate of drug-likeness (QED) is 0.578. The van der Waals surface area contributed by atoms with E-state index in [1.807, 2.05) is 0 Å². The summed E-state index contributed by atoms with van der Waals surface area (Å²) < 4.78 is 30.4. The Bertz CT molecular complexity index is 724. The van der Waals surface area contributed by atoms with Gasteiger partial charge < -0.3 is 10.2 Å². The SMILES string of the molecule is O=S(=O)(O)Cc1ccc(CSc2ccc(O)cc2)cc1O. The van der Waals surface area contributed by atoms with Crippen molar-refractivity contribution in [2.75, 3.05) is 0 Å². The van der Waals surface area contributed by atoms with Crippen molar-refractivity contribution in [1.29, 1.82) is 0 Å². The third-order valence-electron chi connectivity index (χ3n) is 2.73. The van der Waals surface area contributed by atoms with Gasteiger partial charge in [0, 0.05) is 16.2 Å². The molecule has 0 saturated heterocycles. The second-order valence-electron chi connectivity index (χ2n) is 4.47. The molecule has 2 aromatic carbocycles. The summed E-state index contributed by atoms with van der Waals surface area (Å²) in [5.41, 5.74) is 0.987. The highest BCUT2D eigenvalue weighted by Gasteiger charge is 2.11. The van der Waals surface area contributed by atoms with Crippen molar-refractivity contribution in [2.45, 2.75) is 16.4 Å². The van der Waals surface area contributed by atoms with Gasteiger partial charge in [0.15, 0.2) is 0 Å². The molecule has 0 bridgehead atoms. The molecule has 3 N–H and O–H groups in total. The van der Waals surface area contributed by atoms with Gasteiger partial charge in [0.05, 0.1) is 0 Å². The van der Waals surface area contributed by atoms with Crippen molar-refractivity contribution in [3.63, 3.8) is 0 Å². The van der Waals surface area contributed by atoms with Crippen molar-refractivity contribution in [2.24, 2.45) is 0 Å². The molecule has 7 heteroatoms. The van der Waals surface area contributed by atoms with Crippen LogP contribution in [-0.4, -0.2) is 23.2 Å². The van der Waals surface area contributed by atoms with E-state index in [0.717, 1.165) is 10.5 Å². The van der Waals surface area contributed by atoms with E-state index in [1.54, 1.807) is 30.3 Å². The lowest BCUT2D eigenvalue weighted by Gasteiger charge is -2.06. The maximum atomic E-state index is 10.8. The number of phenols is 2. The van der Waals surface area contributed by atoms with E-state index in [2.05, 4.69) is 0 Å². The number of benzene rings is 2. The predicted molar refractivity (Wildman–Crippen MR) is 81.0 cm³/mol. The molecule has 0 atom stereocenters. The van der Waals surface area contributed by atoms with Crippen molar-refractivity contribution in [3.05, 3.63) is 53.6 Å². The Morgan fingerprint density at radius 2 is 1.67 bits per heavy atom. The number of aromatic hydroxyl groups is 2. The van der Waals surface area contributed by atoms with E-state index in [9.17, 15) is 18.6 Å². The Balaban J connectivity index is 2.05. The minimum absolute atomic E-state index is 0.156. The van der Waals surface area contributed by atoms with E-state index in [-0.39, 0.29) is 17.1 Å². The number of thioether (sulfide) groups is 1. The Labute approximate surface area is 127 Å². The molecular weight excluding hydrogens is 312 g/mol. The molecule has 2 aromatic rings. The van der Waals surface area contributed by atoms with Crippen LogP contribution < -0.4 is 0 Å². The van der Waals surface area contributed by atoms with E-state index in [0.29, 0.717) is 5.75 Å². The molecular formula is C14H14O5S2. The fraction of sp³-hybridized carbons (Fsp3) is 0.143. The van der Waals surface area contributed by atoms with Gasteiger partial charge in [0.1, 0.15) is 17.3 Å². The van der Waals surface area contributed by atoms with Crippen LogP contribution in [0.2, 0.25) is 0 Å². The highest BCUT2D eigenvalue weighted by molar-refractivity contribution is 7.98.